The van der Waals surface area contributed by atoms with Crippen molar-refractivity contribution < 1.29 is 4.48 Å². The minimum Gasteiger partial charge on any atom is -0.331 e. The molecule has 0 bridgehead atoms. The van der Waals surface area contributed by atoms with Crippen molar-refractivity contribution in [3.63, 3.8) is 0 Å². The first kappa shape index (κ1) is 13.4. The quantitative estimate of drug-likeness (QED) is 0.352. The lowest BCUT2D eigenvalue weighted by Gasteiger charge is -2.23. The maximum Gasteiger partial charge on any atom is 0.0780 e. The van der Waals surface area contributed by atoms with Gasteiger partial charge in [0.25, 0.3) is 0 Å². The van der Waals surface area contributed by atoms with E-state index in [1.807, 2.05) is 0 Å². The van der Waals surface area contributed by atoms with Crippen LogP contribution in [0.4, 0.5) is 0 Å². The van der Waals surface area contributed by atoms with Crippen LogP contribution in [-0.2, 0) is 0 Å². The van der Waals surface area contributed by atoms with E-state index in [4.69, 9.17) is 0 Å². The molecule has 0 aliphatic rings. The van der Waals surface area contributed by atoms with Gasteiger partial charge in [-0.2, -0.15) is 0 Å². The molecule has 0 N–H and O–H groups in total. The molecular weight excluding hydrogens is 226 g/mol. The van der Waals surface area contributed by atoms with Crippen molar-refractivity contribution in [2.45, 2.75) is 38.5 Å². The van der Waals surface area contributed by atoms with E-state index in [1.165, 1.54) is 50.4 Å². The minimum absolute atomic E-state index is 1.11. The van der Waals surface area contributed by atoms with Crippen LogP contribution in [0, 0.1) is 0 Å². The van der Waals surface area contributed by atoms with Crippen LogP contribution in [-0.4, -0.2) is 37.5 Å². The van der Waals surface area contributed by atoms with E-state index in [1.54, 1.807) is 0 Å². The Labute approximate surface area is 92.2 Å². The van der Waals surface area contributed by atoms with Gasteiger partial charge in [-0.25, -0.2) is 0 Å². The van der Waals surface area contributed by atoms with Crippen LogP contribution < -0.4 is 0 Å². The Bertz CT molecular complexity index is 107. The SMILES string of the molecule is C[N+](C)(C)CCCCCCCCBr. The summed E-state index contributed by atoms with van der Waals surface area (Å²) in [5, 5.41) is 1.17. The van der Waals surface area contributed by atoms with Gasteiger partial charge in [-0.15, -0.1) is 0 Å². The molecule has 80 valence electrons. The number of alkyl halides is 1. The first-order valence-electron chi connectivity index (χ1n) is 5.43. The Kier molecular flexibility index (Phi) is 8.07. The molecule has 0 aromatic rings. The van der Waals surface area contributed by atoms with Crippen molar-refractivity contribution in [2.75, 3.05) is 33.0 Å². The van der Waals surface area contributed by atoms with E-state index in [0.717, 1.165) is 4.48 Å². The Morgan fingerprint density at radius 1 is 0.769 bits per heavy atom. The molecule has 0 saturated carbocycles. The van der Waals surface area contributed by atoms with Gasteiger partial charge in [-0.1, -0.05) is 35.2 Å². The molecule has 2 heteroatoms. The smallest absolute Gasteiger partial charge is 0.0780 e. The van der Waals surface area contributed by atoms with Crippen molar-refractivity contribution >= 4 is 15.9 Å². The van der Waals surface area contributed by atoms with Gasteiger partial charge in [0.1, 0.15) is 0 Å². The number of hydrogen-bond donors (Lipinski definition) is 0. The lowest BCUT2D eigenvalue weighted by Crippen LogP contribution is -2.35. The fourth-order valence-electron chi connectivity index (χ4n) is 1.39. The molecule has 0 fully saturated rings. The van der Waals surface area contributed by atoms with Crippen LogP contribution in [0.2, 0.25) is 0 Å². The zero-order chi connectivity index (χ0) is 10.2. The molecule has 0 atom stereocenters. The highest BCUT2D eigenvalue weighted by molar-refractivity contribution is 9.09. The molecular formula is C11H25BrN+. The van der Waals surface area contributed by atoms with E-state index in [-0.39, 0.29) is 0 Å². The number of rotatable bonds is 8. The number of unbranched alkanes of at least 4 members (excludes halogenated alkanes) is 5. The van der Waals surface area contributed by atoms with E-state index in [9.17, 15) is 0 Å². The largest absolute Gasteiger partial charge is 0.331 e. The average Bonchev–Trinajstić information content (AvgIpc) is 2.01. The molecule has 1 nitrogen and oxygen atoms in total. The first-order chi connectivity index (χ1) is 6.06. The van der Waals surface area contributed by atoms with Crippen LogP contribution in [0.25, 0.3) is 0 Å². The van der Waals surface area contributed by atoms with E-state index in [2.05, 4.69) is 37.1 Å². The lowest BCUT2D eigenvalue weighted by molar-refractivity contribution is -0.870. The van der Waals surface area contributed by atoms with Crippen LogP contribution in [0.3, 0.4) is 0 Å². The maximum absolute atomic E-state index is 3.46. The maximum atomic E-state index is 3.46. The summed E-state index contributed by atoms with van der Waals surface area (Å²) in [6.45, 7) is 1.32. The van der Waals surface area contributed by atoms with Crippen LogP contribution in [0.1, 0.15) is 38.5 Å². The Balaban J connectivity index is 3.00. The van der Waals surface area contributed by atoms with E-state index >= 15 is 0 Å². The third kappa shape index (κ3) is 12.4. The third-order valence-corrected chi connectivity index (χ3v) is 2.77. The van der Waals surface area contributed by atoms with Gasteiger partial charge < -0.3 is 4.48 Å². The second kappa shape index (κ2) is 7.81. The third-order valence-electron chi connectivity index (χ3n) is 2.21. The Morgan fingerprint density at radius 2 is 1.23 bits per heavy atom. The van der Waals surface area contributed by atoms with E-state index in [0.29, 0.717) is 0 Å². The van der Waals surface area contributed by atoms with Crippen LogP contribution in [0.15, 0.2) is 0 Å². The van der Waals surface area contributed by atoms with Crippen molar-refractivity contribution in [1.29, 1.82) is 0 Å². The van der Waals surface area contributed by atoms with Gasteiger partial charge in [0.2, 0.25) is 0 Å². The average molecular weight is 251 g/mol. The summed E-state index contributed by atoms with van der Waals surface area (Å²) >= 11 is 3.46. The zero-order valence-electron chi connectivity index (χ0n) is 9.48. The Morgan fingerprint density at radius 3 is 1.69 bits per heavy atom. The molecule has 0 aliphatic heterocycles. The molecule has 0 saturated heterocycles. The lowest BCUT2D eigenvalue weighted by atomic mass is 10.1. The summed E-state index contributed by atoms with van der Waals surface area (Å²) in [5.41, 5.74) is 0. The summed E-state index contributed by atoms with van der Waals surface area (Å²) in [7, 11) is 6.81. The van der Waals surface area contributed by atoms with Crippen molar-refractivity contribution in [3.05, 3.63) is 0 Å². The minimum atomic E-state index is 1.11. The number of halogens is 1. The van der Waals surface area contributed by atoms with Crippen molar-refractivity contribution in [2.24, 2.45) is 0 Å². The van der Waals surface area contributed by atoms with Crippen LogP contribution in [0.5, 0.6) is 0 Å². The molecule has 0 spiro atoms. The van der Waals surface area contributed by atoms with Crippen molar-refractivity contribution in [1.82, 2.24) is 0 Å². The predicted molar refractivity (Wildman–Crippen MR) is 64.4 cm³/mol. The van der Waals surface area contributed by atoms with Crippen molar-refractivity contribution in [3.8, 4) is 0 Å². The number of nitrogens with zero attached hydrogens (tertiary/aromatic N) is 1. The highest BCUT2D eigenvalue weighted by Crippen LogP contribution is 2.07. The molecule has 0 aromatic carbocycles. The topological polar surface area (TPSA) is 0 Å². The predicted octanol–water partition coefficient (Wildman–Crippen LogP) is 3.43. The molecule has 0 aliphatic carbocycles. The van der Waals surface area contributed by atoms with Gasteiger partial charge in [0.05, 0.1) is 27.7 Å². The monoisotopic (exact) mass is 250 g/mol. The summed E-state index contributed by atoms with van der Waals surface area (Å²) in [6, 6.07) is 0. The van der Waals surface area contributed by atoms with Gasteiger partial charge in [-0.3, -0.25) is 0 Å². The summed E-state index contributed by atoms with van der Waals surface area (Å²) in [4.78, 5) is 0. The van der Waals surface area contributed by atoms with Crippen LogP contribution >= 0.6 is 15.9 Å². The molecule has 13 heavy (non-hydrogen) atoms. The molecule has 0 heterocycles. The number of quaternary nitrogens is 1. The highest BCUT2D eigenvalue weighted by atomic mass is 79.9. The molecule has 0 aromatic heterocycles. The fraction of sp³-hybridized carbons (Fsp3) is 1.00. The molecule has 0 rings (SSSR count). The highest BCUT2D eigenvalue weighted by Gasteiger charge is 2.04. The normalized spacial score (nSPS) is 12.0. The molecule has 0 amide bonds. The zero-order valence-corrected chi connectivity index (χ0v) is 11.1. The van der Waals surface area contributed by atoms with Gasteiger partial charge in [-0.05, 0) is 19.3 Å². The van der Waals surface area contributed by atoms with E-state index < -0.39 is 0 Å². The standard InChI is InChI=1S/C11H25BrN/c1-13(2,3)11-9-7-5-4-6-8-10-12/h4-11H2,1-3H3/q+1. The summed E-state index contributed by atoms with van der Waals surface area (Å²) in [6.07, 6.45) is 8.39. The van der Waals surface area contributed by atoms with Gasteiger partial charge in [0, 0.05) is 5.33 Å². The van der Waals surface area contributed by atoms with Gasteiger partial charge in [0.15, 0.2) is 0 Å². The summed E-state index contributed by atoms with van der Waals surface area (Å²) < 4.78 is 1.11. The molecule has 0 unspecified atom stereocenters. The first-order valence-corrected chi connectivity index (χ1v) is 6.55. The molecule has 0 radical (unpaired) electrons. The summed E-state index contributed by atoms with van der Waals surface area (Å²) in [5.74, 6) is 0. The number of hydrogen-bond acceptors (Lipinski definition) is 0. The second-order valence-electron chi connectivity index (χ2n) is 4.82. The van der Waals surface area contributed by atoms with Gasteiger partial charge >= 0.3 is 0 Å². The fourth-order valence-corrected chi connectivity index (χ4v) is 1.78. The Hall–Kier alpha value is 0.440. The second-order valence-corrected chi connectivity index (χ2v) is 5.62.